The Kier molecular flexibility index (Phi) is 4.18. The summed E-state index contributed by atoms with van der Waals surface area (Å²) in [7, 11) is 3.81. The molecule has 0 aromatic rings. The lowest BCUT2D eigenvalue weighted by Gasteiger charge is -2.11. The topological polar surface area (TPSA) is 39.5 Å². The van der Waals surface area contributed by atoms with Gasteiger partial charge in [0.1, 0.15) is 11.7 Å². The number of rotatable bonds is 1. The van der Waals surface area contributed by atoms with Crippen molar-refractivity contribution < 1.29 is 0 Å². The maximum absolute atomic E-state index is 7.15. The van der Waals surface area contributed by atoms with Crippen molar-refractivity contribution in [3.05, 3.63) is 12.2 Å². The van der Waals surface area contributed by atoms with Crippen LogP contribution in [0.2, 0.25) is 0 Å². The van der Waals surface area contributed by atoms with Gasteiger partial charge in [-0.1, -0.05) is 6.08 Å². The van der Waals surface area contributed by atoms with Crippen LogP contribution in [0.1, 0.15) is 13.8 Å². The molecule has 0 bridgehead atoms. The van der Waals surface area contributed by atoms with Crippen LogP contribution in [0.25, 0.3) is 0 Å². The van der Waals surface area contributed by atoms with E-state index in [1.807, 2.05) is 38.1 Å². The molecule has 0 aromatic heterocycles. The Bertz CT molecular complexity index is 190. The normalized spacial score (nSPS) is 12.2. The van der Waals surface area contributed by atoms with E-state index < -0.39 is 0 Å². The van der Waals surface area contributed by atoms with Gasteiger partial charge in [0.05, 0.1) is 0 Å². The fourth-order valence-electron chi connectivity index (χ4n) is 0.607. The predicted octanol–water partition coefficient (Wildman–Crippen LogP) is 1.52. The summed E-state index contributed by atoms with van der Waals surface area (Å²) < 4.78 is 0. The third-order valence-corrected chi connectivity index (χ3v) is 1.06. The molecule has 0 heterocycles. The van der Waals surface area contributed by atoms with Crippen LogP contribution in [0.15, 0.2) is 17.1 Å². The van der Waals surface area contributed by atoms with Gasteiger partial charge in [0.2, 0.25) is 0 Å². The fraction of sp³-hybridized carbons (Fsp3) is 0.500. The zero-order chi connectivity index (χ0) is 8.85. The van der Waals surface area contributed by atoms with Crippen molar-refractivity contribution in [3.8, 4) is 0 Å². The summed E-state index contributed by atoms with van der Waals surface area (Å²) in [4.78, 5) is 5.88. The lowest BCUT2D eigenvalue weighted by molar-refractivity contribution is 0.627. The smallest absolute Gasteiger partial charge is 0.129 e. The van der Waals surface area contributed by atoms with E-state index in [4.69, 9.17) is 5.41 Å². The van der Waals surface area contributed by atoms with Crippen molar-refractivity contribution in [2.24, 2.45) is 4.99 Å². The van der Waals surface area contributed by atoms with Crippen LogP contribution >= 0.6 is 0 Å². The summed E-state index contributed by atoms with van der Waals surface area (Å²) in [6.45, 7) is 3.59. The molecule has 0 aromatic carbocycles. The van der Waals surface area contributed by atoms with Crippen molar-refractivity contribution in [1.29, 1.82) is 5.41 Å². The standard InChI is InChI=1S/C8H15N3/c1-5-6-8(11(3)4)10-7(2)9/h5-6,9H,1-4H3/b6-5-,9-7?,10-8?. The Hall–Kier alpha value is -1.12. The van der Waals surface area contributed by atoms with E-state index in [1.165, 1.54) is 0 Å². The van der Waals surface area contributed by atoms with Crippen LogP contribution in [0.5, 0.6) is 0 Å². The van der Waals surface area contributed by atoms with Gasteiger partial charge in [-0.3, -0.25) is 5.41 Å². The van der Waals surface area contributed by atoms with Gasteiger partial charge in [-0.25, -0.2) is 4.99 Å². The molecule has 62 valence electrons. The molecular formula is C8H15N3. The molecule has 0 aliphatic rings. The molecule has 0 unspecified atom stereocenters. The van der Waals surface area contributed by atoms with Gasteiger partial charge in [-0.2, -0.15) is 0 Å². The molecule has 3 heteroatoms. The van der Waals surface area contributed by atoms with Crippen molar-refractivity contribution in [2.75, 3.05) is 14.1 Å². The molecule has 3 nitrogen and oxygen atoms in total. The van der Waals surface area contributed by atoms with E-state index in [0.717, 1.165) is 5.84 Å². The van der Waals surface area contributed by atoms with Crippen molar-refractivity contribution in [3.63, 3.8) is 0 Å². The lowest BCUT2D eigenvalue weighted by Crippen LogP contribution is -2.20. The first-order chi connectivity index (χ1) is 5.07. The van der Waals surface area contributed by atoms with Gasteiger partial charge in [0.15, 0.2) is 0 Å². The molecule has 0 rings (SSSR count). The summed E-state index contributed by atoms with van der Waals surface area (Å²) in [6.07, 6.45) is 3.78. The second kappa shape index (κ2) is 4.66. The maximum atomic E-state index is 7.15. The Balaban J connectivity index is 4.46. The zero-order valence-corrected chi connectivity index (χ0v) is 7.55. The minimum atomic E-state index is 0.326. The van der Waals surface area contributed by atoms with E-state index in [9.17, 15) is 0 Å². The molecule has 0 fully saturated rings. The predicted molar refractivity (Wildman–Crippen MR) is 49.3 cm³/mol. The molecular weight excluding hydrogens is 138 g/mol. The molecule has 0 spiro atoms. The van der Waals surface area contributed by atoms with Gasteiger partial charge in [0, 0.05) is 14.1 Å². The minimum Gasteiger partial charge on any atom is -0.363 e. The van der Waals surface area contributed by atoms with Crippen LogP contribution in [0, 0.1) is 5.41 Å². The van der Waals surface area contributed by atoms with Crippen LogP contribution < -0.4 is 0 Å². The average Bonchev–Trinajstić information content (AvgIpc) is 1.86. The first-order valence-corrected chi connectivity index (χ1v) is 3.51. The van der Waals surface area contributed by atoms with Gasteiger partial charge in [0.25, 0.3) is 0 Å². The van der Waals surface area contributed by atoms with Gasteiger partial charge >= 0.3 is 0 Å². The second-order valence-corrected chi connectivity index (χ2v) is 2.45. The number of likely N-dealkylation sites (N-methyl/N-ethyl adjacent to an activating group) is 1. The largest absolute Gasteiger partial charge is 0.363 e. The number of nitrogens with zero attached hydrogens (tertiary/aromatic N) is 2. The summed E-state index contributed by atoms with van der Waals surface area (Å²) in [5, 5.41) is 7.15. The minimum absolute atomic E-state index is 0.326. The fourth-order valence-corrected chi connectivity index (χ4v) is 0.607. The molecule has 0 aliphatic carbocycles. The average molecular weight is 153 g/mol. The summed E-state index contributed by atoms with van der Waals surface area (Å²) in [5.41, 5.74) is 0. The second-order valence-electron chi connectivity index (χ2n) is 2.45. The molecule has 0 saturated carbocycles. The number of hydrogen-bond acceptors (Lipinski definition) is 1. The van der Waals surface area contributed by atoms with E-state index in [1.54, 1.807) is 6.92 Å². The molecule has 11 heavy (non-hydrogen) atoms. The van der Waals surface area contributed by atoms with Crippen LogP contribution in [-0.2, 0) is 0 Å². The van der Waals surface area contributed by atoms with E-state index in [0.29, 0.717) is 5.84 Å². The monoisotopic (exact) mass is 153 g/mol. The summed E-state index contributed by atoms with van der Waals surface area (Å²) in [5.74, 6) is 1.13. The van der Waals surface area contributed by atoms with E-state index in [-0.39, 0.29) is 0 Å². The highest BCUT2D eigenvalue weighted by molar-refractivity contribution is 6.00. The van der Waals surface area contributed by atoms with Gasteiger partial charge < -0.3 is 4.90 Å². The highest BCUT2D eigenvalue weighted by Crippen LogP contribution is 1.88. The first kappa shape index (κ1) is 9.88. The zero-order valence-electron chi connectivity index (χ0n) is 7.55. The van der Waals surface area contributed by atoms with Crippen LogP contribution in [0.4, 0.5) is 0 Å². The highest BCUT2D eigenvalue weighted by Gasteiger charge is 1.94. The van der Waals surface area contributed by atoms with E-state index >= 15 is 0 Å². The summed E-state index contributed by atoms with van der Waals surface area (Å²) in [6, 6.07) is 0. The Morgan fingerprint density at radius 1 is 1.45 bits per heavy atom. The third-order valence-electron chi connectivity index (χ3n) is 1.06. The molecule has 1 N–H and O–H groups in total. The van der Waals surface area contributed by atoms with Crippen molar-refractivity contribution in [1.82, 2.24) is 4.90 Å². The van der Waals surface area contributed by atoms with Crippen LogP contribution in [-0.4, -0.2) is 30.7 Å². The Morgan fingerprint density at radius 3 is 2.27 bits per heavy atom. The van der Waals surface area contributed by atoms with Gasteiger partial charge in [-0.05, 0) is 19.9 Å². The number of hydrogen-bond donors (Lipinski definition) is 1. The van der Waals surface area contributed by atoms with Crippen LogP contribution in [0.3, 0.4) is 0 Å². The van der Waals surface area contributed by atoms with Crippen molar-refractivity contribution in [2.45, 2.75) is 13.8 Å². The Labute approximate surface area is 67.9 Å². The molecule has 0 amide bonds. The third kappa shape index (κ3) is 4.31. The highest BCUT2D eigenvalue weighted by atomic mass is 15.1. The number of nitrogens with one attached hydrogen (secondary N) is 1. The Morgan fingerprint density at radius 2 is 2.00 bits per heavy atom. The van der Waals surface area contributed by atoms with E-state index in [2.05, 4.69) is 4.99 Å². The van der Waals surface area contributed by atoms with Crippen molar-refractivity contribution >= 4 is 11.7 Å². The quantitative estimate of drug-likeness (QED) is 0.450. The SMILES string of the molecule is C/C=C\C(=NC(C)=N)N(C)C. The number of amidine groups is 2. The molecule has 0 aliphatic heterocycles. The molecule has 0 saturated heterocycles. The summed E-state index contributed by atoms with van der Waals surface area (Å²) >= 11 is 0. The molecule has 0 radical (unpaired) electrons. The lowest BCUT2D eigenvalue weighted by atomic mass is 10.4. The molecule has 0 atom stereocenters. The maximum Gasteiger partial charge on any atom is 0.129 e. The number of aliphatic imine (C=N–C) groups is 1. The first-order valence-electron chi connectivity index (χ1n) is 3.51. The van der Waals surface area contributed by atoms with Gasteiger partial charge in [-0.15, -0.1) is 0 Å². The number of allylic oxidation sites excluding steroid dienone is 1.